The molecule has 0 radical (unpaired) electrons. The zero-order valence-electron chi connectivity index (χ0n) is 14.2. The third-order valence-electron chi connectivity index (χ3n) is 4.54. The van der Waals surface area contributed by atoms with Gasteiger partial charge in [-0.1, -0.05) is 19.3 Å². The lowest BCUT2D eigenvalue weighted by atomic mass is 9.69. The van der Waals surface area contributed by atoms with E-state index in [0.717, 1.165) is 25.3 Å². The van der Waals surface area contributed by atoms with Crippen LogP contribution in [-0.4, -0.2) is 22.9 Å². The smallest absolute Gasteiger partial charge is 0.303 e. The molecule has 0 heterocycles. The molecular weight excluding hydrogens is 327 g/mol. The molecule has 3 N–H and O–H groups in total. The number of hydrogen-bond acceptors (Lipinski definition) is 3. The molecule has 2 rings (SSSR count). The molecule has 1 aliphatic carbocycles. The number of rotatable bonds is 6. The maximum atomic E-state index is 13.9. The Kier molecular flexibility index (Phi) is 6.12. The quantitative estimate of drug-likeness (QED) is 0.731. The van der Waals surface area contributed by atoms with Gasteiger partial charge in [-0.3, -0.25) is 14.4 Å². The molecule has 0 saturated heterocycles. The van der Waals surface area contributed by atoms with E-state index in [0.29, 0.717) is 18.5 Å². The van der Waals surface area contributed by atoms with Crippen molar-refractivity contribution >= 4 is 29.2 Å². The van der Waals surface area contributed by atoms with Crippen LogP contribution in [0.25, 0.3) is 0 Å². The Morgan fingerprint density at radius 3 is 2.40 bits per heavy atom. The number of carboxylic acid groups (broad SMARTS) is 1. The van der Waals surface area contributed by atoms with Crippen LogP contribution in [0.5, 0.6) is 0 Å². The maximum absolute atomic E-state index is 13.9. The number of anilines is 2. The number of carbonyl (C=O) groups excluding carboxylic acids is 2. The van der Waals surface area contributed by atoms with Gasteiger partial charge in [0.25, 0.3) is 0 Å². The van der Waals surface area contributed by atoms with Crippen LogP contribution in [0.3, 0.4) is 0 Å². The SMILES string of the molecule is CC(=O)Nc1ccc(F)c(NC(=O)CC2(CC(=O)O)CCCCC2)c1. The van der Waals surface area contributed by atoms with Crippen LogP contribution in [-0.2, 0) is 14.4 Å². The van der Waals surface area contributed by atoms with Crippen molar-refractivity contribution in [2.75, 3.05) is 10.6 Å². The lowest BCUT2D eigenvalue weighted by Gasteiger charge is -2.35. The third kappa shape index (κ3) is 5.55. The number of amides is 2. The molecule has 136 valence electrons. The van der Waals surface area contributed by atoms with Crippen LogP contribution in [0, 0.1) is 11.2 Å². The Morgan fingerprint density at radius 1 is 1.12 bits per heavy atom. The van der Waals surface area contributed by atoms with Crippen molar-refractivity contribution < 1.29 is 23.9 Å². The Bertz CT molecular complexity index is 669. The van der Waals surface area contributed by atoms with E-state index in [1.807, 2.05) is 0 Å². The van der Waals surface area contributed by atoms with Crippen molar-refractivity contribution in [3.05, 3.63) is 24.0 Å². The average Bonchev–Trinajstić information content (AvgIpc) is 2.50. The molecule has 1 fully saturated rings. The first-order valence-corrected chi connectivity index (χ1v) is 8.38. The Labute approximate surface area is 145 Å². The molecule has 1 saturated carbocycles. The molecule has 0 aromatic heterocycles. The average molecular weight is 350 g/mol. The van der Waals surface area contributed by atoms with Crippen LogP contribution < -0.4 is 10.6 Å². The van der Waals surface area contributed by atoms with Crippen molar-refractivity contribution in [3.63, 3.8) is 0 Å². The molecular formula is C18H23FN2O4. The molecule has 2 amide bonds. The first-order valence-electron chi connectivity index (χ1n) is 8.38. The zero-order chi connectivity index (χ0) is 18.4. The van der Waals surface area contributed by atoms with Gasteiger partial charge in [0.15, 0.2) is 0 Å². The van der Waals surface area contributed by atoms with E-state index in [-0.39, 0.29) is 24.4 Å². The number of carbonyl (C=O) groups is 3. The molecule has 0 spiro atoms. The fraction of sp³-hybridized carbons (Fsp3) is 0.500. The fourth-order valence-corrected chi connectivity index (χ4v) is 3.48. The summed E-state index contributed by atoms with van der Waals surface area (Å²) in [6.45, 7) is 1.33. The summed E-state index contributed by atoms with van der Waals surface area (Å²) in [5.74, 6) is -2.25. The zero-order valence-corrected chi connectivity index (χ0v) is 14.2. The standard InChI is InChI=1S/C18H23FN2O4/c1-12(22)20-13-5-6-14(19)15(9-13)21-16(23)10-18(11-17(24)25)7-3-2-4-8-18/h5-6,9H,2-4,7-8,10-11H2,1H3,(H,20,22)(H,21,23)(H,24,25). The van der Waals surface area contributed by atoms with Gasteiger partial charge >= 0.3 is 5.97 Å². The van der Waals surface area contributed by atoms with Crippen LogP contribution >= 0.6 is 0 Å². The first-order chi connectivity index (χ1) is 11.8. The number of halogens is 1. The maximum Gasteiger partial charge on any atom is 0.303 e. The van der Waals surface area contributed by atoms with Crippen molar-refractivity contribution in [2.24, 2.45) is 5.41 Å². The molecule has 25 heavy (non-hydrogen) atoms. The highest BCUT2D eigenvalue weighted by atomic mass is 19.1. The van der Waals surface area contributed by atoms with Gasteiger partial charge in [0.2, 0.25) is 11.8 Å². The molecule has 1 aliphatic rings. The molecule has 0 atom stereocenters. The topological polar surface area (TPSA) is 95.5 Å². The second-order valence-electron chi connectivity index (χ2n) is 6.73. The Hall–Kier alpha value is -2.44. The molecule has 0 unspecified atom stereocenters. The molecule has 1 aromatic carbocycles. The van der Waals surface area contributed by atoms with Gasteiger partial charge < -0.3 is 15.7 Å². The fourth-order valence-electron chi connectivity index (χ4n) is 3.48. The third-order valence-corrected chi connectivity index (χ3v) is 4.54. The predicted octanol–water partition coefficient (Wildman–Crippen LogP) is 3.54. The minimum Gasteiger partial charge on any atom is -0.481 e. The lowest BCUT2D eigenvalue weighted by molar-refractivity contribution is -0.141. The van der Waals surface area contributed by atoms with Gasteiger partial charge in [-0.2, -0.15) is 0 Å². The molecule has 1 aromatic rings. The number of carboxylic acids is 1. The van der Waals surface area contributed by atoms with E-state index in [1.54, 1.807) is 0 Å². The van der Waals surface area contributed by atoms with Crippen LogP contribution in [0.4, 0.5) is 15.8 Å². The summed E-state index contributed by atoms with van der Waals surface area (Å²) in [6, 6.07) is 3.91. The van der Waals surface area contributed by atoms with E-state index >= 15 is 0 Å². The van der Waals surface area contributed by atoms with E-state index in [9.17, 15) is 18.8 Å². The van der Waals surface area contributed by atoms with Gasteiger partial charge in [-0.15, -0.1) is 0 Å². The normalized spacial score (nSPS) is 16.1. The summed E-state index contributed by atoms with van der Waals surface area (Å²) in [7, 11) is 0. The highest BCUT2D eigenvalue weighted by molar-refractivity contribution is 5.94. The van der Waals surface area contributed by atoms with Gasteiger partial charge in [0.05, 0.1) is 12.1 Å². The number of benzene rings is 1. The van der Waals surface area contributed by atoms with E-state index in [1.165, 1.54) is 19.1 Å². The Morgan fingerprint density at radius 2 is 1.80 bits per heavy atom. The van der Waals surface area contributed by atoms with Crippen LogP contribution in [0.15, 0.2) is 18.2 Å². The van der Waals surface area contributed by atoms with Gasteiger partial charge in [0, 0.05) is 19.0 Å². The second-order valence-corrected chi connectivity index (χ2v) is 6.73. The van der Waals surface area contributed by atoms with E-state index in [2.05, 4.69) is 10.6 Å². The molecule has 7 heteroatoms. The predicted molar refractivity (Wildman–Crippen MR) is 91.7 cm³/mol. The highest BCUT2D eigenvalue weighted by Crippen LogP contribution is 2.42. The molecule has 6 nitrogen and oxygen atoms in total. The monoisotopic (exact) mass is 350 g/mol. The minimum atomic E-state index is -0.923. The van der Waals surface area contributed by atoms with Crippen LogP contribution in [0.2, 0.25) is 0 Å². The summed E-state index contributed by atoms with van der Waals surface area (Å²) < 4.78 is 13.9. The van der Waals surface area contributed by atoms with Crippen molar-refractivity contribution in [1.29, 1.82) is 0 Å². The lowest BCUT2D eigenvalue weighted by Crippen LogP contribution is -2.32. The van der Waals surface area contributed by atoms with E-state index < -0.39 is 23.1 Å². The number of nitrogens with one attached hydrogen (secondary N) is 2. The van der Waals surface area contributed by atoms with Crippen molar-refractivity contribution in [3.8, 4) is 0 Å². The van der Waals surface area contributed by atoms with Crippen LogP contribution in [0.1, 0.15) is 51.9 Å². The summed E-state index contributed by atoms with van der Waals surface area (Å²) in [4.78, 5) is 34.7. The summed E-state index contributed by atoms with van der Waals surface area (Å²) in [6.07, 6.45) is 4.18. The van der Waals surface area contributed by atoms with Crippen molar-refractivity contribution in [1.82, 2.24) is 0 Å². The van der Waals surface area contributed by atoms with Gasteiger partial charge in [0.1, 0.15) is 5.82 Å². The Balaban J connectivity index is 2.10. The summed E-state index contributed by atoms with van der Waals surface area (Å²) in [5.41, 5.74) is -0.223. The van der Waals surface area contributed by atoms with Gasteiger partial charge in [-0.05, 0) is 36.5 Å². The minimum absolute atomic E-state index is 0.0301. The molecule has 0 aliphatic heterocycles. The highest BCUT2D eigenvalue weighted by Gasteiger charge is 2.36. The van der Waals surface area contributed by atoms with Gasteiger partial charge in [-0.25, -0.2) is 4.39 Å². The summed E-state index contributed by atoms with van der Waals surface area (Å²) >= 11 is 0. The largest absolute Gasteiger partial charge is 0.481 e. The number of hydrogen-bond donors (Lipinski definition) is 3. The summed E-state index contributed by atoms with van der Waals surface area (Å²) in [5, 5.41) is 14.2. The van der Waals surface area contributed by atoms with Crippen molar-refractivity contribution in [2.45, 2.75) is 51.9 Å². The molecule has 0 bridgehead atoms. The number of aliphatic carboxylic acids is 1. The second kappa shape index (κ2) is 8.09. The first kappa shape index (κ1) is 18.9. The van der Waals surface area contributed by atoms with E-state index in [4.69, 9.17) is 5.11 Å².